The molecule has 1 aliphatic heterocycles. The van der Waals surface area contributed by atoms with Crippen molar-refractivity contribution in [2.75, 3.05) is 31.2 Å². The Morgan fingerprint density at radius 3 is 2.94 bits per heavy atom. The van der Waals surface area contributed by atoms with E-state index in [9.17, 15) is 4.79 Å². The Bertz CT molecular complexity index is 437. The van der Waals surface area contributed by atoms with Crippen molar-refractivity contribution in [3.05, 3.63) is 11.2 Å². The highest BCUT2D eigenvalue weighted by Gasteiger charge is 2.18. The van der Waals surface area contributed by atoms with E-state index < -0.39 is 0 Å². The predicted octanol–water partition coefficient (Wildman–Crippen LogP) is 1.89. The van der Waals surface area contributed by atoms with Gasteiger partial charge >= 0.3 is 0 Å². The Kier molecular flexibility index (Phi) is 4.66. The standard InChI is InChI=1S/C11H15ClN4OS/c1-13-11-14-6-8(12)10(15-11)18-7-9(17)16-4-2-3-5-16/h6H,2-5,7H2,1H3,(H,13,14,15). The number of rotatable bonds is 4. The lowest BCUT2D eigenvalue weighted by molar-refractivity contribution is -0.127. The molecule has 0 radical (unpaired) electrons. The Hall–Kier alpha value is -1.01. The van der Waals surface area contributed by atoms with Gasteiger partial charge in [-0.1, -0.05) is 23.4 Å². The van der Waals surface area contributed by atoms with Crippen LogP contribution in [-0.4, -0.2) is 46.7 Å². The van der Waals surface area contributed by atoms with Crippen molar-refractivity contribution in [1.29, 1.82) is 0 Å². The normalized spacial score (nSPS) is 14.9. The maximum atomic E-state index is 11.9. The minimum Gasteiger partial charge on any atom is -0.357 e. The van der Waals surface area contributed by atoms with E-state index in [1.807, 2.05) is 4.90 Å². The first kappa shape index (κ1) is 13.4. The molecule has 0 atom stereocenters. The Morgan fingerprint density at radius 2 is 2.28 bits per heavy atom. The van der Waals surface area contributed by atoms with E-state index in [1.54, 1.807) is 13.2 Å². The van der Waals surface area contributed by atoms with Crippen molar-refractivity contribution >= 4 is 35.2 Å². The maximum absolute atomic E-state index is 11.9. The molecule has 0 aliphatic carbocycles. The lowest BCUT2D eigenvalue weighted by Crippen LogP contribution is -2.29. The largest absolute Gasteiger partial charge is 0.357 e. The zero-order chi connectivity index (χ0) is 13.0. The van der Waals surface area contributed by atoms with Crippen LogP contribution in [0.5, 0.6) is 0 Å². The highest BCUT2D eigenvalue weighted by molar-refractivity contribution is 8.00. The van der Waals surface area contributed by atoms with Crippen molar-refractivity contribution in [2.24, 2.45) is 0 Å². The van der Waals surface area contributed by atoms with Crippen LogP contribution in [0.3, 0.4) is 0 Å². The van der Waals surface area contributed by atoms with Crippen molar-refractivity contribution in [2.45, 2.75) is 17.9 Å². The molecule has 1 saturated heterocycles. The highest BCUT2D eigenvalue weighted by Crippen LogP contribution is 2.25. The second-order valence-electron chi connectivity index (χ2n) is 3.97. The molecule has 1 aromatic rings. The molecule has 0 aromatic carbocycles. The fraction of sp³-hybridized carbons (Fsp3) is 0.545. The number of likely N-dealkylation sites (tertiary alicyclic amines) is 1. The predicted molar refractivity (Wildman–Crippen MR) is 73.1 cm³/mol. The average Bonchev–Trinajstić information content (AvgIpc) is 2.91. The number of carbonyl (C=O) groups excluding carboxylic acids is 1. The monoisotopic (exact) mass is 286 g/mol. The van der Waals surface area contributed by atoms with Gasteiger partial charge in [-0.05, 0) is 12.8 Å². The number of anilines is 1. The van der Waals surface area contributed by atoms with E-state index in [2.05, 4.69) is 15.3 Å². The van der Waals surface area contributed by atoms with E-state index in [0.29, 0.717) is 21.7 Å². The molecule has 0 bridgehead atoms. The Morgan fingerprint density at radius 1 is 1.56 bits per heavy atom. The van der Waals surface area contributed by atoms with Crippen LogP contribution in [0.4, 0.5) is 5.95 Å². The van der Waals surface area contributed by atoms with Crippen LogP contribution < -0.4 is 5.32 Å². The van der Waals surface area contributed by atoms with Crippen molar-refractivity contribution in [3.63, 3.8) is 0 Å². The molecular weight excluding hydrogens is 272 g/mol. The van der Waals surface area contributed by atoms with Crippen LogP contribution in [0.2, 0.25) is 5.02 Å². The van der Waals surface area contributed by atoms with Crippen LogP contribution in [0, 0.1) is 0 Å². The van der Waals surface area contributed by atoms with E-state index in [0.717, 1.165) is 25.9 Å². The number of amides is 1. The number of hydrogen-bond donors (Lipinski definition) is 1. The maximum Gasteiger partial charge on any atom is 0.232 e. The summed E-state index contributed by atoms with van der Waals surface area (Å²) in [6.07, 6.45) is 3.76. The first-order chi connectivity index (χ1) is 8.70. The van der Waals surface area contributed by atoms with Gasteiger partial charge in [0.1, 0.15) is 5.03 Å². The molecular formula is C11H15ClN4OS. The summed E-state index contributed by atoms with van der Waals surface area (Å²) in [6, 6.07) is 0. The fourth-order valence-corrected chi connectivity index (χ4v) is 2.80. The van der Waals surface area contributed by atoms with Gasteiger partial charge in [-0.25, -0.2) is 9.97 Å². The third-order valence-electron chi connectivity index (χ3n) is 2.73. The summed E-state index contributed by atoms with van der Waals surface area (Å²) in [6.45, 7) is 1.75. The summed E-state index contributed by atoms with van der Waals surface area (Å²) < 4.78 is 0. The number of halogens is 1. The first-order valence-electron chi connectivity index (χ1n) is 5.81. The molecule has 2 heterocycles. The molecule has 5 nitrogen and oxygen atoms in total. The lowest BCUT2D eigenvalue weighted by atomic mass is 10.4. The van der Waals surface area contributed by atoms with Gasteiger partial charge in [0.05, 0.1) is 17.0 Å². The molecule has 7 heteroatoms. The van der Waals surface area contributed by atoms with Crippen LogP contribution in [0.25, 0.3) is 0 Å². The van der Waals surface area contributed by atoms with Crippen LogP contribution in [0.15, 0.2) is 11.2 Å². The van der Waals surface area contributed by atoms with Crippen molar-refractivity contribution in [3.8, 4) is 0 Å². The average molecular weight is 287 g/mol. The van der Waals surface area contributed by atoms with Crippen LogP contribution in [-0.2, 0) is 4.79 Å². The van der Waals surface area contributed by atoms with E-state index >= 15 is 0 Å². The number of thioether (sulfide) groups is 1. The Balaban J connectivity index is 1.94. The topological polar surface area (TPSA) is 58.1 Å². The molecule has 1 fully saturated rings. The van der Waals surface area contributed by atoms with Gasteiger partial charge in [0.2, 0.25) is 11.9 Å². The summed E-state index contributed by atoms with van der Waals surface area (Å²) in [4.78, 5) is 22.0. The van der Waals surface area contributed by atoms with Gasteiger partial charge in [0, 0.05) is 20.1 Å². The zero-order valence-electron chi connectivity index (χ0n) is 10.1. The Labute approximate surface area is 115 Å². The molecule has 1 aromatic heterocycles. The lowest BCUT2D eigenvalue weighted by Gasteiger charge is -2.14. The van der Waals surface area contributed by atoms with Crippen molar-refractivity contribution in [1.82, 2.24) is 14.9 Å². The number of carbonyl (C=O) groups is 1. The van der Waals surface area contributed by atoms with Crippen LogP contribution in [0.1, 0.15) is 12.8 Å². The summed E-state index contributed by atoms with van der Waals surface area (Å²) in [5, 5.41) is 3.97. The van der Waals surface area contributed by atoms with Crippen molar-refractivity contribution < 1.29 is 4.79 Å². The minimum absolute atomic E-state index is 0.151. The molecule has 0 spiro atoms. The minimum atomic E-state index is 0.151. The SMILES string of the molecule is CNc1ncc(Cl)c(SCC(=O)N2CCCC2)n1. The van der Waals surface area contributed by atoms with E-state index in [1.165, 1.54) is 11.8 Å². The fourth-order valence-electron chi connectivity index (χ4n) is 1.76. The summed E-state index contributed by atoms with van der Waals surface area (Å²) >= 11 is 7.36. The molecule has 98 valence electrons. The molecule has 18 heavy (non-hydrogen) atoms. The molecule has 0 saturated carbocycles. The third-order valence-corrected chi connectivity index (χ3v) is 4.09. The molecule has 0 unspecified atom stereocenters. The highest BCUT2D eigenvalue weighted by atomic mass is 35.5. The number of hydrogen-bond acceptors (Lipinski definition) is 5. The quantitative estimate of drug-likeness (QED) is 0.677. The molecule has 1 amide bonds. The summed E-state index contributed by atoms with van der Waals surface area (Å²) in [7, 11) is 1.74. The summed E-state index contributed by atoms with van der Waals surface area (Å²) in [5.41, 5.74) is 0. The van der Waals surface area contributed by atoms with E-state index in [-0.39, 0.29) is 5.91 Å². The zero-order valence-corrected chi connectivity index (χ0v) is 11.7. The number of nitrogens with one attached hydrogen (secondary N) is 1. The van der Waals surface area contributed by atoms with Crippen LogP contribution >= 0.6 is 23.4 Å². The smallest absolute Gasteiger partial charge is 0.232 e. The van der Waals surface area contributed by atoms with Gasteiger partial charge in [0.25, 0.3) is 0 Å². The van der Waals surface area contributed by atoms with E-state index in [4.69, 9.17) is 11.6 Å². The van der Waals surface area contributed by atoms with Gasteiger partial charge in [-0.15, -0.1) is 0 Å². The van der Waals surface area contributed by atoms with Gasteiger partial charge in [-0.2, -0.15) is 0 Å². The first-order valence-corrected chi connectivity index (χ1v) is 7.18. The molecule has 1 N–H and O–H groups in total. The van der Waals surface area contributed by atoms with Gasteiger partial charge in [0.15, 0.2) is 0 Å². The van der Waals surface area contributed by atoms with Gasteiger partial charge in [-0.3, -0.25) is 4.79 Å². The summed E-state index contributed by atoms with van der Waals surface area (Å²) in [5.74, 6) is 1.04. The second kappa shape index (κ2) is 6.24. The number of aromatic nitrogens is 2. The molecule has 1 aliphatic rings. The number of nitrogens with zero attached hydrogens (tertiary/aromatic N) is 3. The molecule has 2 rings (SSSR count). The van der Waals surface area contributed by atoms with Gasteiger partial charge < -0.3 is 10.2 Å². The second-order valence-corrected chi connectivity index (χ2v) is 5.34. The third kappa shape index (κ3) is 3.26.